The molecule has 2 N–H and O–H groups in total. The second-order valence-corrected chi connectivity index (χ2v) is 7.65. The third kappa shape index (κ3) is 3.47. The zero-order valence-corrected chi connectivity index (χ0v) is 13.1. The van der Waals surface area contributed by atoms with Crippen LogP contribution >= 0.6 is 0 Å². The average molecular weight is 325 g/mol. The molecule has 1 saturated carbocycles. The van der Waals surface area contributed by atoms with Crippen molar-refractivity contribution in [1.29, 1.82) is 0 Å². The number of carboxylic acids is 1. The molecule has 1 aliphatic carbocycles. The van der Waals surface area contributed by atoms with Crippen LogP contribution in [0.15, 0.2) is 29.2 Å². The van der Waals surface area contributed by atoms with Crippen molar-refractivity contribution in [3.8, 4) is 0 Å². The monoisotopic (exact) mass is 325 g/mol. The molecule has 0 unspecified atom stereocenters. The van der Waals surface area contributed by atoms with E-state index in [1.807, 2.05) is 6.92 Å². The highest BCUT2D eigenvalue weighted by Crippen LogP contribution is 2.35. The Morgan fingerprint density at radius 3 is 2.27 bits per heavy atom. The van der Waals surface area contributed by atoms with Gasteiger partial charge >= 0.3 is 5.97 Å². The Morgan fingerprint density at radius 1 is 1.23 bits per heavy atom. The summed E-state index contributed by atoms with van der Waals surface area (Å²) >= 11 is 0. The topological polar surface area (TPSA) is 101 Å². The zero-order valence-electron chi connectivity index (χ0n) is 12.3. The number of hydrogen-bond donors (Lipinski definition) is 2. The van der Waals surface area contributed by atoms with Crippen LogP contribution < -0.4 is 5.32 Å². The molecule has 1 fully saturated rings. The SMILES string of the molecule is CCCCS(=O)(=O)c1ccc(C(=O)NC2(C(=O)O)CC2)cc1. The average Bonchev–Trinajstić information content (AvgIpc) is 3.26. The lowest BCUT2D eigenvalue weighted by Crippen LogP contribution is -2.43. The third-order valence-electron chi connectivity index (χ3n) is 3.75. The molecule has 2 rings (SSSR count). The summed E-state index contributed by atoms with van der Waals surface area (Å²) in [6.45, 7) is 1.92. The highest BCUT2D eigenvalue weighted by Gasteiger charge is 2.51. The fraction of sp³-hybridized carbons (Fsp3) is 0.467. The molecule has 1 aromatic rings. The van der Waals surface area contributed by atoms with E-state index < -0.39 is 27.3 Å². The molecular formula is C15H19NO5S. The number of carbonyl (C=O) groups is 2. The van der Waals surface area contributed by atoms with Gasteiger partial charge in [0.15, 0.2) is 9.84 Å². The standard InChI is InChI=1S/C15H19NO5S/c1-2-3-10-22(20,21)12-6-4-11(5-7-12)13(17)16-15(8-9-15)14(18)19/h4-7H,2-3,8-10H2,1H3,(H,16,17)(H,18,19). The molecule has 0 saturated heterocycles. The van der Waals surface area contributed by atoms with E-state index in [-0.39, 0.29) is 16.2 Å². The Balaban J connectivity index is 2.09. The summed E-state index contributed by atoms with van der Waals surface area (Å²) in [5.74, 6) is -1.46. The molecule has 0 spiro atoms. The van der Waals surface area contributed by atoms with E-state index in [1.165, 1.54) is 24.3 Å². The van der Waals surface area contributed by atoms with Crippen molar-refractivity contribution in [1.82, 2.24) is 5.32 Å². The number of carboxylic acid groups (broad SMARTS) is 1. The molecular weight excluding hydrogens is 306 g/mol. The molecule has 120 valence electrons. The van der Waals surface area contributed by atoms with E-state index in [9.17, 15) is 18.0 Å². The van der Waals surface area contributed by atoms with Crippen LogP contribution in [0.3, 0.4) is 0 Å². The Hall–Kier alpha value is -1.89. The predicted octanol–water partition coefficient (Wildman–Crippen LogP) is 1.61. The van der Waals surface area contributed by atoms with Gasteiger partial charge < -0.3 is 10.4 Å². The number of aliphatic carboxylic acids is 1. The van der Waals surface area contributed by atoms with E-state index in [0.717, 1.165) is 6.42 Å². The van der Waals surface area contributed by atoms with Gasteiger partial charge in [-0.15, -0.1) is 0 Å². The highest BCUT2D eigenvalue weighted by molar-refractivity contribution is 7.91. The van der Waals surface area contributed by atoms with Crippen molar-refractivity contribution in [3.05, 3.63) is 29.8 Å². The lowest BCUT2D eigenvalue weighted by atomic mass is 10.2. The van der Waals surface area contributed by atoms with Crippen molar-refractivity contribution in [2.45, 2.75) is 43.0 Å². The Kier molecular flexibility index (Phi) is 4.55. The van der Waals surface area contributed by atoms with E-state index >= 15 is 0 Å². The number of sulfone groups is 1. The second-order valence-electron chi connectivity index (χ2n) is 5.54. The first-order chi connectivity index (χ1) is 10.3. The maximum atomic E-state index is 12.0. The Labute approximate surface area is 129 Å². The molecule has 0 aliphatic heterocycles. The minimum Gasteiger partial charge on any atom is -0.480 e. The van der Waals surface area contributed by atoms with Gasteiger partial charge in [-0.25, -0.2) is 13.2 Å². The Bertz CT molecular complexity index is 674. The lowest BCUT2D eigenvalue weighted by Gasteiger charge is -2.12. The van der Waals surface area contributed by atoms with Crippen LogP contribution in [0.1, 0.15) is 43.0 Å². The summed E-state index contributed by atoms with van der Waals surface area (Å²) < 4.78 is 24.0. The molecule has 1 aliphatic rings. The van der Waals surface area contributed by atoms with Crippen molar-refractivity contribution < 1.29 is 23.1 Å². The summed E-state index contributed by atoms with van der Waals surface area (Å²) in [5, 5.41) is 11.5. The van der Waals surface area contributed by atoms with Crippen LogP contribution in [-0.4, -0.2) is 36.7 Å². The van der Waals surface area contributed by atoms with Gasteiger partial charge in [0.25, 0.3) is 5.91 Å². The van der Waals surface area contributed by atoms with Crippen LogP contribution in [0.25, 0.3) is 0 Å². The predicted molar refractivity (Wildman–Crippen MR) is 80.5 cm³/mol. The molecule has 0 bridgehead atoms. The molecule has 0 aromatic heterocycles. The fourth-order valence-electron chi connectivity index (χ4n) is 2.07. The number of nitrogens with one attached hydrogen (secondary N) is 1. The number of benzene rings is 1. The van der Waals surface area contributed by atoms with Crippen LogP contribution in [0.4, 0.5) is 0 Å². The quantitative estimate of drug-likeness (QED) is 0.793. The summed E-state index contributed by atoms with van der Waals surface area (Å²) in [6.07, 6.45) is 2.21. The minimum atomic E-state index is -3.33. The molecule has 0 heterocycles. The van der Waals surface area contributed by atoms with E-state index in [2.05, 4.69) is 5.32 Å². The van der Waals surface area contributed by atoms with Crippen molar-refractivity contribution in [2.24, 2.45) is 0 Å². The third-order valence-corrected chi connectivity index (χ3v) is 5.57. The molecule has 7 heteroatoms. The number of unbranched alkanes of at least 4 members (excludes halogenated alkanes) is 1. The molecule has 22 heavy (non-hydrogen) atoms. The lowest BCUT2D eigenvalue weighted by molar-refractivity contribution is -0.140. The van der Waals surface area contributed by atoms with Gasteiger partial charge in [0.2, 0.25) is 0 Å². The van der Waals surface area contributed by atoms with Gasteiger partial charge in [0, 0.05) is 5.56 Å². The second kappa shape index (κ2) is 6.08. The number of amides is 1. The Morgan fingerprint density at radius 2 is 1.82 bits per heavy atom. The van der Waals surface area contributed by atoms with Gasteiger partial charge in [-0.1, -0.05) is 13.3 Å². The molecule has 1 aromatic carbocycles. The number of carbonyl (C=O) groups excluding carboxylic acids is 1. The van der Waals surface area contributed by atoms with E-state index in [4.69, 9.17) is 5.11 Å². The van der Waals surface area contributed by atoms with E-state index in [0.29, 0.717) is 19.3 Å². The molecule has 0 atom stereocenters. The molecule has 1 amide bonds. The van der Waals surface area contributed by atoms with Gasteiger partial charge in [0.1, 0.15) is 5.54 Å². The van der Waals surface area contributed by atoms with Crippen LogP contribution in [0.5, 0.6) is 0 Å². The normalized spacial score (nSPS) is 16.0. The maximum absolute atomic E-state index is 12.0. The van der Waals surface area contributed by atoms with Gasteiger partial charge in [-0.3, -0.25) is 4.79 Å². The van der Waals surface area contributed by atoms with Gasteiger partial charge in [-0.2, -0.15) is 0 Å². The zero-order chi connectivity index (χ0) is 16.4. The number of rotatable bonds is 7. The van der Waals surface area contributed by atoms with Crippen molar-refractivity contribution in [2.75, 3.05) is 5.75 Å². The van der Waals surface area contributed by atoms with Gasteiger partial charge in [0.05, 0.1) is 10.6 Å². The maximum Gasteiger partial charge on any atom is 0.329 e. The summed E-state index contributed by atoms with van der Waals surface area (Å²) in [5.41, 5.74) is -0.898. The highest BCUT2D eigenvalue weighted by atomic mass is 32.2. The summed E-state index contributed by atoms with van der Waals surface area (Å²) in [4.78, 5) is 23.2. The minimum absolute atomic E-state index is 0.0805. The van der Waals surface area contributed by atoms with Crippen molar-refractivity contribution >= 4 is 21.7 Å². The fourth-order valence-corrected chi connectivity index (χ4v) is 3.53. The first kappa shape index (κ1) is 16.5. The summed E-state index contributed by atoms with van der Waals surface area (Å²) in [7, 11) is -3.33. The van der Waals surface area contributed by atoms with Crippen LogP contribution in [0.2, 0.25) is 0 Å². The number of hydrogen-bond acceptors (Lipinski definition) is 4. The first-order valence-corrected chi connectivity index (χ1v) is 8.85. The largest absolute Gasteiger partial charge is 0.480 e. The smallest absolute Gasteiger partial charge is 0.329 e. The van der Waals surface area contributed by atoms with Gasteiger partial charge in [-0.05, 0) is 43.5 Å². The summed E-state index contributed by atoms with van der Waals surface area (Å²) in [6, 6.07) is 5.60. The van der Waals surface area contributed by atoms with E-state index in [1.54, 1.807) is 0 Å². The molecule has 0 radical (unpaired) electrons. The van der Waals surface area contributed by atoms with Crippen LogP contribution in [-0.2, 0) is 14.6 Å². The molecule has 6 nitrogen and oxygen atoms in total. The van der Waals surface area contributed by atoms with Crippen molar-refractivity contribution in [3.63, 3.8) is 0 Å². The first-order valence-electron chi connectivity index (χ1n) is 7.19. The van der Waals surface area contributed by atoms with Crippen LogP contribution in [0, 0.1) is 0 Å².